The fourth-order valence-electron chi connectivity index (χ4n) is 4.73. The van der Waals surface area contributed by atoms with Crippen molar-refractivity contribution in [2.45, 2.75) is 47.8 Å². The summed E-state index contributed by atoms with van der Waals surface area (Å²) in [6.45, 7) is 12.9. The second-order valence-corrected chi connectivity index (χ2v) is 9.03. The number of rotatable bonds is 4. The van der Waals surface area contributed by atoms with Gasteiger partial charge >= 0.3 is 0 Å². The maximum Gasteiger partial charge on any atom is 0.226 e. The van der Waals surface area contributed by atoms with Crippen LogP contribution in [0.25, 0.3) is 0 Å². The minimum Gasteiger partial charge on any atom is -0.305 e. The number of aryl methyl sites for hydroxylation is 6. The Labute approximate surface area is 195 Å². The molecule has 0 N–H and O–H groups in total. The summed E-state index contributed by atoms with van der Waals surface area (Å²) in [5.74, 6) is 0. The summed E-state index contributed by atoms with van der Waals surface area (Å²) < 4.78 is 0. The molecule has 0 bridgehead atoms. The third-order valence-corrected chi connectivity index (χ3v) is 6.11. The van der Waals surface area contributed by atoms with E-state index >= 15 is 0 Å². The molecule has 0 atom stereocenters. The molecule has 0 saturated heterocycles. The van der Waals surface area contributed by atoms with Gasteiger partial charge in [0.05, 0.1) is 16.4 Å². The Balaban J connectivity index is 1.83. The topological polar surface area (TPSA) is 31.2 Å². The second-order valence-electron chi connectivity index (χ2n) is 8.62. The van der Waals surface area contributed by atoms with Crippen molar-refractivity contribution in [1.29, 1.82) is 0 Å². The van der Waals surface area contributed by atoms with Gasteiger partial charge in [-0.2, -0.15) is 5.11 Å². The number of halogens is 1. The normalized spacial score (nSPS) is 14.2. The molecular formula is C27H29ClN4. The van der Waals surface area contributed by atoms with E-state index in [4.69, 9.17) is 16.7 Å². The Morgan fingerprint density at radius 3 is 1.56 bits per heavy atom. The third-order valence-electron chi connectivity index (χ3n) is 5.79. The van der Waals surface area contributed by atoms with E-state index in [-0.39, 0.29) is 6.29 Å². The minimum absolute atomic E-state index is 0.355. The van der Waals surface area contributed by atoms with E-state index in [1.807, 2.05) is 24.3 Å². The molecule has 0 spiro atoms. The first-order valence-electron chi connectivity index (χ1n) is 10.8. The Morgan fingerprint density at radius 2 is 1.12 bits per heavy atom. The predicted octanol–water partition coefficient (Wildman–Crippen LogP) is 8.06. The highest BCUT2D eigenvalue weighted by Crippen LogP contribution is 2.38. The average Bonchev–Trinajstić information content (AvgIpc) is 3.09. The van der Waals surface area contributed by atoms with Crippen molar-refractivity contribution in [1.82, 2.24) is 0 Å². The van der Waals surface area contributed by atoms with Crippen LogP contribution in [0, 0.1) is 41.5 Å². The summed E-state index contributed by atoms with van der Waals surface area (Å²) in [5.41, 5.74) is 10.3. The Kier molecular flexibility index (Phi) is 6.07. The number of benzene rings is 3. The first kappa shape index (κ1) is 22.1. The van der Waals surface area contributed by atoms with E-state index in [0.717, 1.165) is 11.4 Å². The molecule has 164 valence electrons. The molecule has 0 radical (unpaired) electrons. The second kappa shape index (κ2) is 8.79. The van der Waals surface area contributed by atoms with Gasteiger partial charge in [-0.3, -0.25) is 0 Å². The van der Waals surface area contributed by atoms with Gasteiger partial charge in [0.2, 0.25) is 6.29 Å². The van der Waals surface area contributed by atoms with Crippen LogP contribution in [0.3, 0.4) is 0 Å². The van der Waals surface area contributed by atoms with Gasteiger partial charge in [-0.1, -0.05) is 59.1 Å². The molecule has 0 amide bonds. The van der Waals surface area contributed by atoms with Gasteiger partial charge in [0, 0.05) is 12.4 Å². The smallest absolute Gasteiger partial charge is 0.226 e. The fourth-order valence-corrected chi connectivity index (χ4v) is 4.90. The standard InChI is InChI=1S/C27H29ClN4/c1-17-13-19(3)25(20(4)14-17)31-11-12-32(26-21(5)15-18(2)16-22(26)6)27(31)30-29-24-10-8-7-9-23(24)28/h7-16,27H,1-6H3/b30-29+. The van der Waals surface area contributed by atoms with Crippen molar-refractivity contribution < 1.29 is 0 Å². The van der Waals surface area contributed by atoms with Crippen molar-refractivity contribution in [2.75, 3.05) is 9.80 Å². The van der Waals surface area contributed by atoms with Crippen molar-refractivity contribution in [3.63, 3.8) is 0 Å². The van der Waals surface area contributed by atoms with Crippen molar-refractivity contribution in [2.24, 2.45) is 10.2 Å². The molecular weight excluding hydrogens is 416 g/mol. The van der Waals surface area contributed by atoms with E-state index in [1.165, 1.54) is 33.4 Å². The summed E-state index contributed by atoms with van der Waals surface area (Å²) in [5, 5.41) is 9.96. The first-order chi connectivity index (χ1) is 15.3. The van der Waals surface area contributed by atoms with Crippen LogP contribution in [0.2, 0.25) is 5.02 Å². The number of anilines is 2. The number of hydrogen-bond donors (Lipinski definition) is 0. The lowest BCUT2D eigenvalue weighted by Gasteiger charge is -2.32. The molecule has 1 aliphatic rings. The summed E-state index contributed by atoms with van der Waals surface area (Å²) >= 11 is 6.36. The fraction of sp³-hybridized carbons (Fsp3) is 0.259. The van der Waals surface area contributed by atoms with Gasteiger partial charge in [0.1, 0.15) is 5.69 Å². The van der Waals surface area contributed by atoms with Crippen LogP contribution in [-0.4, -0.2) is 6.29 Å². The van der Waals surface area contributed by atoms with Crippen LogP contribution in [0.5, 0.6) is 0 Å². The van der Waals surface area contributed by atoms with Crippen LogP contribution in [0.15, 0.2) is 71.2 Å². The third kappa shape index (κ3) is 4.15. The molecule has 4 nitrogen and oxygen atoms in total. The Morgan fingerprint density at radius 1 is 0.688 bits per heavy atom. The summed E-state index contributed by atoms with van der Waals surface area (Å²) in [6, 6.07) is 16.4. The molecule has 5 heteroatoms. The number of azo groups is 1. The van der Waals surface area contributed by atoms with E-state index in [0.29, 0.717) is 10.7 Å². The molecule has 0 aliphatic carbocycles. The van der Waals surface area contributed by atoms with E-state index in [2.05, 4.69) is 93.1 Å². The summed E-state index contributed by atoms with van der Waals surface area (Å²) in [4.78, 5) is 4.40. The molecule has 0 fully saturated rings. The molecule has 0 unspecified atom stereocenters. The van der Waals surface area contributed by atoms with Gasteiger partial charge in [-0.05, 0) is 75.9 Å². The van der Waals surface area contributed by atoms with E-state index in [9.17, 15) is 0 Å². The maximum absolute atomic E-state index is 6.36. The lowest BCUT2D eigenvalue weighted by Crippen LogP contribution is -2.38. The van der Waals surface area contributed by atoms with Gasteiger partial charge < -0.3 is 9.80 Å². The van der Waals surface area contributed by atoms with Gasteiger partial charge in [-0.25, -0.2) is 0 Å². The Bertz CT molecular complexity index is 1110. The SMILES string of the molecule is Cc1cc(C)c(N2C=CN(c3c(C)cc(C)cc3C)C2/N=N/c2ccccc2Cl)c(C)c1. The average molecular weight is 445 g/mol. The number of nitrogens with zero attached hydrogens (tertiary/aromatic N) is 4. The van der Waals surface area contributed by atoms with Crippen molar-refractivity contribution >= 4 is 28.7 Å². The maximum atomic E-state index is 6.36. The Hall–Kier alpha value is -3.11. The molecule has 32 heavy (non-hydrogen) atoms. The quantitative estimate of drug-likeness (QED) is 0.381. The van der Waals surface area contributed by atoms with Crippen LogP contribution < -0.4 is 9.80 Å². The zero-order valence-corrected chi connectivity index (χ0v) is 20.3. The molecule has 0 saturated carbocycles. The monoisotopic (exact) mass is 444 g/mol. The lowest BCUT2D eigenvalue weighted by molar-refractivity contribution is 0.676. The van der Waals surface area contributed by atoms with Gasteiger partial charge in [0.25, 0.3) is 0 Å². The molecule has 1 heterocycles. The highest BCUT2D eigenvalue weighted by molar-refractivity contribution is 6.32. The zero-order valence-electron chi connectivity index (χ0n) is 19.5. The number of hydrogen-bond acceptors (Lipinski definition) is 4. The van der Waals surface area contributed by atoms with Crippen LogP contribution in [-0.2, 0) is 0 Å². The predicted molar refractivity (Wildman–Crippen MR) is 135 cm³/mol. The van der Waals surface area contributed by atoms with E-state index < -0.39 is 0 Å². The zero-order chi connectivity index (χ0) is 23.0. The highest BCUT2D eigenvalue weighted by atomic mass is 35.5. The van der Waals surface area contributed by atoms with Crippen LogP contribution in [0.1, 0.15) is 33.4 Å². The molecule has 3 aromatic carbocycles. The molecule has 1 aliphatic heterocycles. The first-order valence-corrected chi connectivity index (χ1v) is 11.2. The van der Waals surface area contributed by atoms with Crippen LogP contribution in [0.4, 0.5) is 17.1 Å². The highest BCUT2D eigenvalue weighted by Gasteiger charge is 2.32. The molecule has 4 rings (SSSR count). The van der Waals surface area contributed by atoms with Gasteiger partial charge in [-0.15, -0.1) is 5.11 Å². The van der Waals surface area contributed by atoms with Crippen LogP contribution >= 0.6 is 11.6 Å². The lowest BCUT2D eigenvalue weighted by atomic mass is 10.0. The van der Waals surface area contributed by atoms with Crippen molar-refractivity contribution in [3.05, 3.63) is 99.3 Å². The molecule has 0 aromatic heterocycles. The minimum atomic E-state index is -0.355. The van der Waals surface area contributed by atoms with Crippen molar-refractivity contribution in [3.8, 4) is 0 Å². The van der Waals surface area contributed by atoms with Gasteiger partial charge in [0.15, 0.2) is 0 Å². The summed E-state index contributed by atoms with van der Waals surface area (Å²) in [6.07, 6.45) is 3.84. The largest absolute Gasteiger partial charge is 0.305 e. The summed E-state index contributed by atoms with van der Waals surface area (Å²) in [7, 11) is 0. The molecule has 3 aromatic rings. The van der Waals surface area contributed by atoms with E-state index in [1.54, 1.807) is 0 Å².